The van der Waals surface area contributed by atoms with Crippen LogP contribution in [0.4, 0.5) is 0 Å². The van der Waals surface area contributed by atoms with Gasteiger partial charge in [-0.2, -0.15) is 0 Å². The van der Waals surface area contributed by atoms with Gasteiger partial charge in [0.25, 0.3) is 0 Å². The Bertz CT molecular complexity index is 245. The second-order valence-corrected chi connectivity index (χ2v) is 4.25. The first kappa shape index (κ1) is 12.2. The number of carbonyl (C=O) groups excluding carboxylic acids is 2. The molecule has 1 aliphatic heterocycles. The monoisotopic (exact) mass is 212 g/mol. The summed E-state index contributed by atoms with van der Waals surface area (Å²) in [5, 5.41) is 0. The minimum atomic E-state index is -0.251. The molecule has 86 valence electrons. The zero-order valence-electron chi connectivity index (χ0n) is 9.53. The van der Waals surface area contributed by atoms with E-state index in [-0.39, 0.29) is 23.7 Å². The summed E-state index contributed by atoms with van der Waals surface area (Å²) < 4.78 is 0. The molecule has 1 amide bonds. The fourth-order valence-electron chi connectivity index (χ4n) is 2.26. The molecule has 0 radical (unpaired) electrons. The normalized spacial score (nSPS) is 21.2. The van der Waals surface area contributed by atoms with Gasteiger partial charge in [0.2, 0.25) is 5.91 Å². The van der Waals surface area contributed by atoms with Gasteiger partial charge < -0.3 is 5.73 Å². The average Bonchev–Trinajstić information content (AvgIpc) is 2.19. The Balaban J connectivity index is 2.49. The van der Waals surface area contributed by atoms with Gasteiger partial charge in [-0.1, -0.05) is 6.92 Å². The summed E-state index contributed by atoms with van der Waals surface area (Å²) in [6.07, 6.45) is 2.47. The molecular weight excluding hydrogens is 192 g/mol. The van der Waals surface area contributed by atoms with Crippen molar-refractivity contribution in [3.05, 3.63) is 0 Å². The number of carbonyl (C=O) groups is 2. The van der Waals surface area contributed by atoms with Crippen LogP contribution in [0.3, 0.4) is 0 Å². The first-order valence-corrected chi connectivity index (χ1v) is 5.60. The first-order chi connectivity index (χ1) is 7.06. The second kappa shape index (κ2) is 5.26. The van der Waals surface area contributed by atoms with Gasteiger partial charge in [-0.05, 0) is 39.3 Å². The molecule has 4 nitrogen and oxygen atoms in total. The summed E-state index contributed by atoms with van der Waals surface area (Å²) in [4.78, 5) is 24.4. The van der Waals surface area contributed by atoms with Crippen LogP contribution in [0.5, 0.6) is 0 Å². The molecule has 1 atom stereocenters. The van der Waals surface area contributed by atoms with E-state index in [4.69, 9.17) is 5.73 Å². The maximum absolute atomic E-state index is 11.2. The number of amides is 1. The molecule has 1 aliphatic rings. The fraction of sp³-hybridized carbons (Fsp3) is 0.818. The maximum atomic E-state index is 11.2. The molecule has 1 fully saturated rings. The van der Waals surface area contributed by atoms with Gasteiger partial charge in [0, 0.05) is 5.92 Å². The molecule has 4 heteroatoms. The lowest BCUT2D eigenvalue weighted by Gasteiger charge is -2.34. The number of likely N-dealkylation sites (tertiary alicyclic amines) is 1. The molecule has 0 spiro atoms. The highest BCUT2D eigenvalue weighted by molar-refractivity contribution is 5.80. The molecule has 0 saturated carbocycles. The van der Waals surface area contributed by atoms with E-state index in [0.29, 0.717) is 0 Å². The molecule has 0 aromatic rings. The smallest absolute Gasteiger partial charge is 0.234 e. The Labute approximate surface area is 90.8 Å². The van der Waals surface area contributed by atoms with Crippen molar-refractivity contribution in [1.82, 2.24) is 4.90 Å². The first-order valence-electron chi connectivity index (χ1n) is 5.60. The molecule has 0 aromatic carbocycles. The summed E-state index contributed by atoms with van der Waals surface area (Å²) in [7, 11) is 0. The summed E-state index contributed by atoms with van der Waals surface area (Å²) in [6.45, 7) is 5.23. The number of ketones is 1. The van der Waals surface area contributed by atoms with E-state index in [1.807, 2.05) is 6.92 Å². The number of rotatable bonds is 4. The van der Waals surface area contributed by atoms with Crippen molar-refractivity contribution >= 4 is 11.7 Å². The number of piperidine rings is 1. The van der Waals surface area contributed by atoms with E-state index in [9.17, 15) is 9.59 Å². The van der Waals surface area contributed by atoms with Gasteiger partial charge in [-0.3, -0.25) is 14.5 Å². The van der Waals surface area contributed by atoms with Crippen molar-refractivity contribution in [1.29, 1.82) is 0 Å². The van der Waals surface area contributed by atoms with Crippen LogP contribution in [0.15, 0.2) is 0 Å². The summed E-state index contributed by atoms with van der Waals surface area (Å²) >= 11 is 0. The second-order valence-electron chi connectivity index (χ2n) is 4.25. The Kier molecular flexibility index (Phi) is 4.27. The lowest BCUT2D eigenvalue weighted by atomic mass is 9.92. The van der Waals surface area contributed by atoms with Crippen LogP contribution < -0.4 is 5.73 Å². The zero-order chi connectivity index (χ0) is 11.4. The number of Topliss-reactive ketones (excluding diaryl/α,β-unsaturated/α-hetero) is 1. The van der Waals surface area contributed by atoms with Gasteiger partial charge in [0.05, 0.1) is 6.04 Å². The molecule has 15 heavy (non-hydrogen) atoms. The van der Waals surface area contributed by atoms with E-state index in [1.54, 1.807) is 6.92 Å². The van der Waals surface area contributed by atoms with E-state index >= 15 is 0 Å². The molecule has 0 bridgehead atoms. The summed E-state index contributed by atoms with van der Waals surface area (Å²) in [5.41, 5.74) is 5.32. The van der Waals surface area contributed by atoms with E-state index < -0.39 is 0 Å². The molecule has 1 unspecified atom stereocenters. The van der Waals surface area contributed by atoms with Crippen LogP contribution in [-0.4, -0.2) is 35.7 Å². The van der Waals surface area contributed by atoms with Crippen LogP contribution in [0.1, 0.15) is 33.1 Å². The third kappa shape index (κ3) is 3.02. The van der Waals surface area contributed by atoms with Crippen molar-refractivity contribution < 1.29 is 9.59 Å². The van der Waals surface area contributed by atoms with Crippen molar-refractivity contribution in [2.45, 2.75) is 39.2 Å². The van der Waals surface area contributed by atoms with Gasteiger partial charge in [-0.25, -0.2) is 0 Å². The van der Waals surface area contributed by atoms with E-state index in [0.717, 1.165) is 32.4 Å². The lowest BCUT2D eigenvalue weighted by Crippen LogP contribution is -2.48. The predicted molar refractivity (Wildman–Crippen MR) is 58.3 cm³/mol. The Morgan fingerprint density at radius 3 is 2.27 bits per heavy atom. The van der Waals surface area contributed by atoms with Crippen LogP contribution in [0.25, 0.3) is 0 Å². The number of primary amides is 1. The van der Waals surface area contributed by atoms with Crippen molar-refractivity contribution in [2.24, 2.45) is 11.7 Å². The third-order valence-corrected chi connectivity index (χ3v) is 3.26. The third-order valence-electron chi connectivity index (χ3n) is 3.26. The highest BCUT2D eigenvalue weighted by Gasteiger charge is 2.28. The van der Waals surface area contributed by atoms with Crippen LogP contribution in [-0.2, 0) is 9.59 Å². The van der Waals surface area contributed by atoms with E-state index in [1.165, 1.54) is 0 Å². The fourth-order valence-corrected chi connectivity index (χ4v) is 2.26. The van der Waals surface area contributed by atoms with Gasteiger partial charge >= 0.3 is 0 Å². The molecular formula is C11H20N2O2. The summed E-state index contributed by atoms with van der Waals surface area (Å²) in [6, 6.07) is -0.155. The quantitative estimate of drug-likeness (QED) is 0.740. The highest BCUT2D eigenvalue weighted by Crippen LogP contribution is 2.20. The van der Waals surface area contributed by atoms with Gasteiger partial charge in [0.15, 0.2) is 0 Å². The van der Waals surface area contributed by atoms with Gasteiger partial charge in [0.1, 0.15) is 5.78 Å². The van der Waals surface area contributed by atoms with Crippen molar-refractivity contribution in [3.8, 4) is 0 Å². The molecule has 2 N–H and O–H groups in total. The Morgan fingerprint density at radius 2 is 1.93 bits per heavy atom. The average molecular weight is 212 g/mol. The molecule has 0 aliphatic carbocycles. The zero-order valence-corrected chi connectivity index (χ0v) is 9.53. The van der Waals surface area contributed by atoms with Gasteiger partial charge in [-0.15, -0.1) is 0 Å². The Morgan fingerprint density at radius 1 is 1.40 bits per heavy atom. The minimum Gasteiger partial charge on any atom is -0.368 e. The SMILES string of the molecule is CCC(C(N)=O)N1CCC(C(C)=O)CC1. The standard InChI is InChI=1S/C11H20N2O2/c1-3-10(11(12)15)13-6-4-9(5-7-13)8(2)14/h9-10H,3-7H2,1-2H3,(H2,12,15). The summed E-state index contributed by atoms with van der Waals surface area (Å²) in [5.74, 6) is 0.201. The Hall–Kier alpha value is -0.900. The van der Waals surface area contributed by atoms with Crippen LogP contribution in [0.2, 0.25) is 0 Å². The largest absolute Gasteiger partial charge is 0.368 e. The minimum absolute atomic E-state index is 0.155. The van der Waals surface area contributed by atoms with Crippen LogP contribution in [0, 0.1) is 5.92 Å². The van der Waals surface area contributed by atoms with Crippen molar-refractivity contribution in [3.63, 3.8) is 0 Å². The van der Waals surface area contributed by atoms with Crippen molar-refractivity contribution in [2.75, 3.05) is 13.1 Å². The van der Waals surface area contributed by atoms with E-state index in [2.05, 4.69) is 4.90 Å². The number of hydrogen-bond acceptors (Lipinski definition) is 3. The lowest BCUT2D eigenvalue weighted by molar-refractivity contribution is -0.125. The topological polar surface area (TPSA) is 63.4 Å². The number of nitrogens with zero attached hydrogens (tertiary/aromatic N) is 1. The number of nitrogens with two attached hydrogens (primary N) is 1. The molecule has 0 aromatic heterocycles. The number of hydrogen-bond donors (Lipinski definition) is 1. The highest BCUT2D eigenvalue weighted by atomic mass is 16.1. The molecule has 1 heterocycles. The predicted octanol–water partition coefficient (Wildman–Crippen LogP) is 0.551. The maximum Gasteiger partial charge on any atom is 0.234 e. The molecule has 1 rings (SSSR count). The van der Waals surface area contributed by atoms with Crippen LogP contribution >= 0.6 is 0 Å². The molecule has 1 saturated heterocycles.